The summed E-state index contributed by atoms with van der Waals surface area (Å²) >= 11 is 0. The molecule has 2 aromatic heterocycles. The van der Waals surface area contributed by atoms with Crippen LogP contribution in [0.4, 0.5) is 5.95 Å². The summed E-state index contributed by atoms with van der Waals surface area (Å²) in [6.45, 7) is 5.12. The number of benzene rings is 1. The molecule has 2 heterocycles. The van der Waals surface area contributed by atoms with Crippen molar-refractivity contribution in [1.82, 2.24) is 19.2 Å². The van der Waals surface area contributed by atoms with Gasteiger partial charge < -0.3 is 5.32 Å². The van der Waals surface area contributed by atoms with E-state index in [1.807, 2.05) is 37.3 Å². The fourth-order valence-corrected chi connectivity index (χ4v) is 2.41. The molecule has 0 saturated heterocycles. The Morgan fingerprint density at radius 2 is 2.00 bits per heavy atom. The summed E-state index contributed by atoms with van der Waals surface area (Å²) < 4.78 is 3.34. The number of nitrogens with zero attached hydrogens (tertiary/aromatic N) is 4. The molecule has 0 aliphatic heterocycles. The van der Waals surface area contributed by atoms with Crippen LogP contribution in [0.2, 0.25) is 0 Å². The third-order valence-corrected chi connectivity index (χ3v) is 3.49. The lowest BCUT2D eigenvalue weighted by Gasteiger charge is -2.05. The number of nitrogens with one attached hydrogen (secondary N) is 1. The van der Waals surface area contributed by atoms with Crippen molar-refractivity contribution < 1.29 is 0 Å². The van der Waals surface area contributed by atoms with E-state index < -0.39 is 0 Å². The third-order valence-electron chi connectivity index (χ3n) is 3.49. The Kier molecular flexibility index (Phi) is 3.91. The number of anilines is 1. The van der Waals surface area contributed by atoms with Gasteiger partial charge in [-0.15, -0.1) is 5.10 Å². The fraction of sp³-hybridized carbons (Fsp3) is 0.312. The van der Waals surface area contributed by atoms with E-state index in [2.05, 4.69) is 15.4 Å². The molecule has 1 N–H and O–H groups in total. The van der Waals surface area contributed by atoms with Gasteiger partial charge in [0.1, 0.15) is 0 Å². The van der Waals surface area contributed by atoms with Crippen molar-refractivity contribution in [3.63, 3.8) is 0 Å². The van der Waals surface area contributed by atoms with Gasteiger partial charge in [0.25, 0.3) is 5.56 Å². The molecule has 3 rings (SSSR count). The zero-order valence-corrected chi connectivity index (χ0v) is 12.8. The molecule has 6 nitrogen and oxygen atoms in total. The van der Waals surface area contributed by atoms with Gasteiger partial charge in [0, 0.05) is 24.8 Å². The smallest absolute Gasteiger partial charge is 0.257 e. The van der Waals surface area contributed by atoms with Crippen molar-refractivity contribution in [2.75, 3.05) is 5.32 Å². The van der Waals surface area contributed by atoms with Gasteiger partial charge >= 0.3 is 0 Å². The Balaban J connectivity index is 1.92. The molecule has 0 radical (unpaired) electrons. The van der Waals surface area contributed by atoms with Crippen molar-refractivity contribution in [1.29, 1.82) is 0 Å². The van der Waals surface area contributed by atoms with Gasteiger partial charge in [0.15, 0.2) is 0 Å². The van der Waals surface area contributed by atoms with Crippen LogP contribution in [0.5, 0.6) is 0 Å². The van der Waals surface area contributed by atoms with Gasteiger partial charge in [0.2, 0.25) is 11.7 Å². The second-order valence-electron chi connectivity index (χ2n) is 5.29. The van der Waals surface area contributed by atoms with E-state index >= 15 is 0 Å². The van der Waals surface area contributed by atoms with Crippen LogP contribution in [-0.4, -0.2) is 19.2 Å². The van der Waals surface area contributed by atoms with E-state index in [0.29, 0.717) is 30.4 Å². The highest BCUT2D eigenvalue weighted by Gasteiger charge is 2.11. The lowest BCUT2D eigenvalue weighted by Crippen LogP contribution is -2.24. The van der Waals surface area contributed by atoms with Crippen molar-refractivity contribution in [2.45, 2.75) is 33.4 Å². The molecule has 1 aromatic carbocycles. The first-order chi connectivity index (χ1) is 10.7. The summed E-state index contributed by atoms with van der Waals surface area (Å²) in [5, 5.41) is 7.61. The van der Waals surface area contributed by atoms with Crippen LogP contribution in [0.15, 0.2) is 41.3 Å². The second kappa shape index (κ2) is 6.01. The second-order valence-corrected chi connectivity index (χ2v) is 5.29. The molecular formula is C16H19N5O. The van der Waals surface area contributed by atoms with Crippen LogP contribution < -0.4 is 10.9 Å². The molecule has 6 heteroatoms. The minimum Gasteiger partial charge on any atom is -0.349 e. The van der Waals surface area contributed by atoms with Gasteiger partial charge in [-0.1, -0.05) is 37.3 Å². The quantitative estimate of drug-likeness (QED) is 0.784. The van der Waals surface area contributed by atoms with Gasteiger partial charge in [-0.2, -0.15) is 4.98 Å². The Morgan fingerprint density at radius 3 is 2.73 bits per heavy atom. The van der Waals surface area contributed by atoms with Crippen LogP contribution in [-0.2, 0) is 13.1 Å². The first kappa shape index (κ1) is 14.3. The van der Waals surface area contributed by atoms with Crippen LogP contribution >= 0.6 is 0 Å². The summed E-state index contributed by atoms with van der Waals surface area (Å²) in [7, 11) is 0. The molecule has 0 bridgehead atoms. The highest BCUT2D eigenvalue weighted by atomic mass is 16.1. The Labute approximate surface area is 128 Å². The van der Waals surface area contributed by atoms with Crippen LogP contribution in [0.1, 0.15) is 24.5 Å². The van der Waals surface area contributed by atoms with E-state index in [4.69, 9.17) is 0 Å². The molecule has 0 saturated carbocycles. The maximum atomic E-state index is 12.2. The van der Waals surface area contributed by atoms with Crippen molar-refractivity contribution in [2.24, 2.45) is 0 Å². The highest BCUT2D eigenvalue weighted by molar-refractivity contribution is 5.39. The van der Waals surface area contributed by atoms with Gasteiger partial charge in [-0.3, -0.25) is 9.36 Å². The van der Waals surface area contributed by atoms with E-state index in [-0.39, 0.29) is 5.56 Å². The van der Waals surface area contributed by atoms with Crippen molar-refractivity contribution >= 4 is 11.7 Å². The zero-order valence-electron chi connectivity index (χ0n) is 12.8. The van der Waals surface area contributed by atoms with Crippen LogP contribution in [0.3, 0.4) is 0 Å². The van der Waals surface area contributed by atoms with E-state index in [0.717, 1.165) is 12.0 Å². The monoisotopic (exact) mass is 297 g/mol. The zero-order chi connectivity index (χ0) is 15.5. The summed E-state index contributed by atoms with van der Waals surface area (Å²) in [6, 6.07) is 10.1. The minimum atomic E-state index is -0.00337. The molecule has 0 aliphatic carbocycles. The normalized spacial score (nSPS) is 11.0. The molecule has 0 unspecified atom stereocenters. The summed E-state index contributed by atoms with van der Waals surface area (Å²) in [4.78, 5) is 16.7. The molecule has 0 amide bonds. The molecule has 0 spiro atoms. The summed E-state index contributed by atoms with van der Waals surface area (Å²) in [5.74, 6) is 1.10. The average Bonchev–Trinajstić information content (AvgIpc) is 2.93. The van der Waals surface area contributed by atoms with Gasteiger partial charge in [-0.05, 0) is 18.9 Å². The maximum absolute atomic E-state index is 12.2. The van der Waals surface area contributed by atoms with Crippen LogP contribution in [0, 0.1) is 6.92 Å². The molecule has 0 atom stereocenters. The lowest BCUT2D eigenvalue weighted by atomic mass is 10.2. The third kappa shape index (κ3) is 2.72. The molecule has 114 valence electrons. The summed E-state index contributed by atoms with van der Waals surface area (Å²) in [6.07, 6.45) is 2.60. The Hall–Kier alpha value is -2.63. The van der Waals surface area contributed by atoms with E-state index in [1.165, 1.54) is 0 Å². The molecular weight excluding hydrogens is 278 g/mol. The maximum Gasteiger partial charge on any atom is 0.257 e. The SMILES string of the molecule is CCCn1c(=O)c(C)cn2nc(NCc3ccccc3)nc12. The molecule has 0 fully saturated rings. The van der Waals surface area contributed by atoms with Crippen molar-refractivity contribution in [3.05, 3.63) is 58.0 Å². The Bertz CT molecular complexity index is 835. The number of hydrogen-bond acceptors (Lipinski definition) is 4. The predicted octanol–water partition coefficient (Wildman–Crippen LogP) is 2.22. The topological polar surface area (TPSA) is 64.2 Å². The number of hydrogen-bond donors (Lipinski definition) is 1. The molecule has 22 heavy (non-hydrogen) atoms. The van der Waals surface area contributed by atoms with Crippen LogP contribution in [0.25, 0.3) is 5.78 Å². The van der Waals surface area contributed by atoms with Gasteiger partial charge in [-0.25, -0.2) is 4.52 Å². The largest absolute Gasteiger partial charge is 0.349 e. The standard InChI is InChI=1S/C16H19N5O/c1-3-9-20-14(22)12(2)11-21-16(20)18-15(19-21)17-10-13-7-5-4-6-8-13/h4-8,11H,3,9-10H2,1-2H3,(H,17,19). The number of rotatable bonds is 5. The first-order valence-electron chi connectivity index (χ1n) is 7.43. The number of aryl methyl sites for hydroxylation is 2. The Morgan fingerprint density at radius 1 is 1.23 bits per heavy atom. The summed E-state index contributed by atoms with van der Waals surface area (Å²) in [5.41, 5.74) is 1.82. The lowest BCUT2D eigenvalue weighted by molar-refractivity contribution is 0.646. The van der Waals surface area contributed by atoms with E-state index in [1.54, 1.807) is 22.2 Å². The minimum absolute atomic E-state index is 0.00337. The fourth-order valence-electron chi connectivity index (χ4n) is 2.41. The highest BCUT2D eigenvalue weighted by Crippen LogP contribution is 2.08. The van der Waals surface area contributed by atoms with Gasteiger partial charge in [0.05, 0.1) is 0 Å². The number of fused-ring (bicyclic) bond motifs is 1. The predicted molar refractivity (Wildman–Crippen MR) is 86.0 cm³/mol. The molecule has 0 aliphatic rings. The van der Waals surface area contributed by atoms with E-state index in [9.17, 15) is 4.79 Å². The first-order valence-corrected chi connectivity index (χ1v) is 7.43. The van der Waals surface area contributed by atoms with Crippen molar-refractivity contribution in [3.8, 4) is 0 Å². The average molecular weight is 297 g/mol. The number of aromatic nitrogens is 4. The molecule has 3 aromatic rings.